The molecule has 0 radical (unpaired) electrons. The summed E-state index contributed by atoms with van der Waals surface area (Å²) < 4.78 is 5.34. The van der Waals surface area contributed by atoms with Crippen molar-refractivity contribution >= 4 is 51.7 Å². The van der Waals surface area contributed by atoms with E-state index in [-0.39, 0.29) is 22.0 Å². The highest BCUT2D eigenvalue weighted by molar-refractivity contribution is 6.31. The second kappa shape index (κ2) is 7.99. The molecule has 0 unspecified atom stereocenters. The van der Waals surface area contributed by atoms with Crippen LogP contribution in [0.2, 0.25) is 10.2 Å². The number of carboxylic acids is 1. The normalized spacial score (nSPS) is 17.2. The van der Waals surface area contributed by atoms with Crippen molar-refractivity contribution in [3.05, 3.63) is 51.4 Å². The largest absolute Gasteiger partial charge is 0.476 e. The first-order chi connectivity index (χ1) is 15.8. The molecular formula is C22H18Cl2N6O3. The highest BCUT2D eigenvalue weighted by Crippen LogP contribution is 2.41. The Balaban J connectivity index is 1.54. The molecule has 0 aliphatic carbocycles. The molecule has 0 saturated carbocycles. The standard InChI is InChI=1S/C22H18Cl2N6O3/c1-11(26-14-2-3-17(24)28-19(14)21(31)32)13-4-12(23)5-15-18(13)29-20(16(6-25)27-15)30-7-22(8-30)9-33-10-22/h2-5,11,26H,7-10H2,1H3,(H,31,32)/t11-/m1/s1. The van der Waals surface area contributed by atoms with Gasteiger partial charge >= 0.3 is 5.97 Å². The molecule has 2 N–H and O–H groups in total. The Bertz CT molecular complexity index is 1330. The minimum absolute atomic E-state index is 0.0857. The van der Waals surface area contributed by atoms with Gasteiger partial charge in [-0.05, 0) is 31.2 Å². The lowest BCUT2D eigenvalue weighted by Gasteiger charge is -2.55. The number of anilines is 2. The van der Waals surface area contributed by atoms with E-state index in [9.17, 15) is 15.2 Å². The Morgan fingerprint density at radius 2 is 2.03 bits per heavy atom. The Morgan fingerprint density at radius 3 is 2.67 bits per heavy atom. The fourth-order valence-electron chi connectivity index (χ4n) is 4.28. The van der Waals surface area contributed by atoms with Crippen molar-refractivity contribution in [2.24, 2.45) is 5.41 Å². The molecular weight excluding hydrogens is 467 g/mol. The average Bonchev–Trinajstić information content (AvgIpc) is 2.71. The number of nitriles is 1. The van der Waals surface area contributed by atoms with Crippen LogP contribution < -0.4 is 10.2 Å². The van der Waals surface area contributed by atoms with E-state index in [2.05, 4.69) is 21.4 Å². The van der Waals surface area contributed by atoms with Crippen molar-refractivity contribution in [3.8, 4) is 6.07 Å². The molecule has 33 heavy (non-hydrogen) atoms. The summed E-state index contributed by atoms with van der Waals surface area (Å²) in [5, 5.41) is 22.9. The van der Waals surface area contributed by atoms with Crippen molar-refractivity contribution < 1.29 is 14.6 Å². The Labute approximate surface area is 198 Å². The molecule has 4 heterocycles. The lowest BCUT2D eigenvalue weighted by atomic mass is 9.78. The molecule has 11 heteroatoms. The van der Waals surface area contributed by atoms with Crippen LogP contribution in [0.5, 0.6) is 0 Å². The molecule has 2 fully saturated rings. The van der Waals surface area contributed by atoms with Gasteiger partial charge in [0.2, 0.25) is 0 Å². The third-order valence-electron chi connectivity index (χ3n) is 5.92. The first kappa shape index (κ1) is 21.6. The van der Waals surface area contributed by atoms with Gasteiger partial charge in [-0.15, -0.1) is 0 Å². The summed E-state index contributed by atoms with van der Waals surface area (Å²) in [7, 11) is 0. The zero-order chi connectivity index (χ0) is 23.3. The van der Waals surface area contributed by atoms with Crippen LogP contribution in [0.25, 0.3) is 11.0 Å². The van der Waals surface area contributed by atoms with Crippen LogP contribution in [0.15, 0.2) is 24.3 Å². The van der Waals surface area contributed by atoms with Crippen LogP contribution in [-0.4, -0.2) is 52.3 Å². The van der Waals surface area contributed by atoms with Crippen LogP contribution in [0.1, 0.15) is 34.7 Å². The van der Waals surface area contributed by atoms with Crippen LogP contribution in [0.4, 0.5) is 11.5 Å². The van der Waals surface area contributed by atoms with Crippen molar-refractivity contribution in [1.82, 2.24) is 15.0 Å². The lowest BCUT2D eigenvalue weighted by molar-refractivity contribution is -0.127. The first-order valence-corrected chi connectivity index (χ1v) is 10.9. The van der Waals surface area contributed by atoms with Gasteiger partial charge < -0.3 is 20.1 Å². The summed E-state index contributed by atoms with van der Waals surface area (Å²) in [5.74, 6) is -0.673. The van der Waals surface area contributed by atoms with E-state index < -0.39 is 12.0 Å². The second-order valence-electron chi connectivity index (χ2n) is 8.42. The van der Waals surface area contributed by atoms with E-state index in [1.165, 1.54) is 6.07 Å². The Hall–Kier alpha value is -3.19. The van der Waals surface area contributed by atoms with Crippen LogP contribution >= 0.6 is 23.2 Å². The molecule has 1 atom stereocenters. The van der Waals surface area contributed by atoms with Gasteiger partial charge in [0.15, 0.2) is 17.2 Å². The predicted molar refractivity (Wildman–Crippen MR) is 123 cm³/mol. The van der Waals surface area contributed by atoms with E-state index in [0.29, 0.717) is 33.1 Å². The SMILES string of the molecule is C[C@@H](Nc1ccc(Cl)nc1C(=O)O)c1cc(Cl)cc2nc(C#N)c(N3CC4(COC4)C3)nc12. The second-order valence-corrected chi connectivity index (χ2v) is 9.24. The van der Waals surface area contributed by atoms with Gasteiger partial charge in [-0.1, -0.05) is 23.2 Å². The smallest absolute Gasteiger partial charge is 0.356 e. The first-order valence-electron chi connectivity index (χ1n) is 10.2. The number of carboxylic acid groups (broad SMARTS) is 1. The van der Waals surface area contributed by atoms with E-state index in [4.69, 9.17) is 32.9 Å². The number of hydrogen-bond acceptors (Lipinski definition) is 8. The number of hydrogen-bond donors (Lipinski definition) is 2. The van der Waals surface area contributed by atoms with Crippen LogP contribution in [-0.2, 0) is 4.74 Å². The number of benzene rings is 1. The third kappa shape index (κ3) is 3.80. The number of fused-ring (bicyclic) bond motifs is 1. The summed E-state index contributed by atoms with van der Waals surface area (Å²) in [4.78, 5) is 26.9. The van der Waals surface area contributed by atoms with Gasteiger partial charge in [0.25, 0.3) is 0 Å². The summed E-state index contributed by atoms with van der Waals surface area (Å²) >= 11 is 12.2. The third-order valence-corrected chi connectivity index (χ3v) is 6.35. The topological polar surface area (TPSA) is 124 Å². The summed E-state index contributed by atoms with van der Waals surface area (Å²) in [6.45, 7) is 4.81. The van der Waals surface area contributed by atoms with E-state index in [1.54, 1.807) is 18.2 Å². The molecule has 2 aliphatic rings. The molecule has 168 valence electrons. The molecule has 3 aromatic rings. The number of nitrogens with zero attached hydrogens (tertiary/aromatic N) is 5. The summed E-state index contributed by atoms with van der Waals surface area (Å²) in [6, 6.07) is 8.24. The number of halogens is 2. The van der Waals surface area contributed by atoms with Gasteiger partial charge in [-0.25, -0.2) is 19.7 Å². The molecule has 0 bridgehead atoms. The summed E-state index contributed by atoms with van der Waals surface area (Å²) in [6.07, 6.45) is 0. The molecule has 1 aromatic carbocycles. The highest BCUT2D eigenvalue weighted by atomic mass is 35.5. The maximum atomic E-state index is 11.6. The van der Waals surface area contributed by atoms with Crippen molar-refractivity contribution in [1.29, 1.82) is 5.26 Å². The number of nitrogens with one attached hydrogen (secondary N) is 1. The molecule has 2 saturated heterocycles. The Kier molecular flexibility index (Phi) is 5.24. The number of aromatic nitrogens is 3. The monoisotopic (exact) mass is 484 g/mol. The quantitative estimate of drug-likeness (QED) is 0.518. The van der Waals surface area contributed by atoms with E-state index >= 15 is 0 Å². The van der Waals surface area contributed by atoms with E-state index in [0.717, 1.165) is 26.3 Å². The van der Waals surface area contributed by atoms with Gasteiger partial charge in [0, 0.05) is 23.7 Å². The minimum atomic E-state index is -1.20. The fourth-order valence-corrected chi connectivity index (χ4v) is 4.65. The molecule has 1 spiro atoms. The van der Waals surface area contributed by atoms with Crippen LogP contribution in [0.3, 0.4) is 0 Å². The highest BCUT2D eigenvalue weighted by Gasteiger charge is 2.50. The van der Waals surface area contributed by atoms with Gasteiger partial charge in [0.1, 0.15) is 11.2 Å². The number of aromatic carboxylic acids is 1. The number of ether oxygens (including phenoxy) is 1. The number of carbonyl (C=O) groups is 1. The molecule has 5 rings (SSSR count). The van der Waals surface area contributed by atoms with Crippen molar-refractivity contribution in [2.45, 2.75) is 13.0 Å². The summed E-state index contributed by atoms with van der Waals surface area (Å²) in [5.41, 5.74) is 2.29. The maximum absolute atomic E-state index is 11.6. The van der Waals surface area contributed by atoms with Gasteiger partial charge in [-0.3, -0.25) is 0 Å². The van der Waals surface area contributed by atoms with Crippen molar-refractivity contribution in [3.63, 3.8) is 0 Å². The molecule has 0 amide bonds. The number of pyridine rings is 1. The van der Waals surface area contributed by atoms with Gasteiger partial charge in [0.05, 0.1) is 41.4 Å². The molecule has 2 aromatic heterocycles. The number of rotatable bonds is 5. The minimum Gasteiger partial charge on any atom is -0.476 e. The zero-order valence-electron chi connectivity index (χ0n) is 17.5. The lowest BCUT2D eigenvalue weighted by Crippen LogP contribution is -2.66. The predicted octanol–water partition coefficient (Wildman–Crippen LogP) is 3.91. The molecule has 9 nitrogen and oxygen atoms in total. The average molecular weight is 485 g/mol. The van der Waals surface area contributed by atoms with E-state index in [1.807, 2.05) is 11.8 Å². The van der Waals surface area contributed by atoms with Gasteiger partial charge in [-0.2, -0.15) is 5.26 Å². The van der Waals surface area contributed by atoms with Crippen LogP contribution in [0, 0.1) is 16.7 Å². The zero-order valence-corrected chi connectivity index (χ0v) is 19.0. The molecule has 2 aliphatic heterocycles. The fraction of sp³-hybridized carbons (Fsp3) is 0.318. The van der Waals surface area contributed by atoms with Crippen molar-refractivity contribution in [2.75, 3.05) is 36.5 Å². The Morgan fingerprint density at radius 1 is 1.27 bits per heavy atom. The maximum Gasteiger partial charge on any atom is 0.356 e.